The SMILES string of the molecule is C[C@H]1N=C(C(=O)NCc2ccco2)NN(c2ccccc2)C1=O. The number of hydrazine groups is 1. The molecule has 23 heavy (non-hydrogen) atoms. The summed E-state index contributed by atoms with van der Waals surface area (Å²) in [4.78, 5) is 28.6. The van der Waals surface area contributed by atoms with Gasteiger partial charge in [0.25, 0.3) is 11.8 Å². The number of benzene rings is 1. The van der Waals surface area contributed by atoms with Gasteiger partial charge in [-0.2, -0.15) is 0 Å². The molecule has 7 nitrogen and oxygen atoms in total. The number of amidine groups is 1. The lowest BCUT2D eigenvalue weighted by molar-refractivity contribution is -0.120. The minimum atomic E-state index is -0.638. The van der Waals surface area contributed by atoms with Crippen LogP contribution in [-0.2, 0) is 16.1 Å². The molecule has 0 bridgehead atoms. The highest BCUT2D eigenvalue weighted by Gasteiger charge is 2.30. The number of hydrogen-bond acceptors (Lipinski definition) is 5. The molecule has 0 spiro atoms. The zero-order chi connectivity index (χ0) is 16.2. The Morgan fingerprint density at radius 1 is 1.30 bits per heavy atom. The first kappa shape index (κ1) is 14.8. The van der Waals surface area contributed by atoms with Crippen LogP contribution in [0.5, 0.6) is 0 Å². The van der Waals surface area contributed by atoms with Crippen molar-refractivity contribution in [2.75, 3.05) is 5.01 Å². The van der Waals surface area contributed by atoms with Crippen molar-refractivity contribution in [2.24, 2.45) is 4.99 Å². The number of nitrogens with one attached hydrogen (secondary N) is 2. The van der Waals surface area contributed by atoms with Gasteiger partial charge < -0.3 is 9.73 Å². The summed E-state index contributed by atoms with van der Waals surface area (Å²) in [5.41, 5.74) is 3.42. The van der Waals surface area contributed by atoms with Crippen LogP contribution in [0.2, 0.25) is 0 Å². The molecule has 0 radical (unpaired) electrons. The molecule has 118 valence electrons. The van der Waals surface area contributed by atoms with Gasteiger partial charge in [0.15, 0.2) is 0 Å². The highest BCUT2D eigenvalue weighted by Crippen LogP contribution is 2.15. The highest BCUT2D eigenvalue weighted by molar-refractivity contribution is 6.39. The van der Waals surface area contributed by atoms with E-state index in [2.05, 4.69) is 15.7 Å². The third kappa shape index (κ3) is 3.23. The van der Waals surface area contributed by atoms with Crippen LogP contribution in [0.15, 0.2) is 58.1 Å². The summed E-state index contributed by atoms with van der Waals surface area (Å²) >= 11 is 0. The zero-order valence-electron chi connectivity index (χ0n) is 12.5. The van der Waals surface area contributed by atoms with Crippen LogP contribution in [-0.4, -0.2) is 23.7 Å². The Morgan fingerprint density at radius 2 is 2.09 bits per heavy atom. The molecule has 7 heteroatoms. The third-order valence-electron chi connectivity index (χ3n) is 3.35. The van der Waals surface area contributed by atoms with Gasteiger partial charge in [0, 0.05) is 0 Å². The monoisotopic (exact) mass is 312 g/mol. The van der Waals surface area contributed by atoms with E-state index in [1.54, 1.807) is 31.2 Å². The van der Waals surface area contributed by atoms with Crippen molar-refractivity contribution in [2.45, 2.75) is 19.5 Å². The Morgan fingerprint density at radius 3 is 2.78 bits per heavy atom. The second kappa shape index (κ2) is 6.35. The fourth-order valence-electron chi connectivity index (χ4n) is 2.17. The first-order valence-electron chi connectivity index (χ1n) is 7.19. The number of hydrogen-bond donors (Lipinski definition) is 2. The van der Waals surface area contributed by atoms with Gasteiger partial charge in [-0.3, -0.25) is 15.0 Å². The number of anilines is 1. The predicted octanol–water partition coefficient (Wildman–Crippen LogP) is 1.23. The summed E-state index contributed by atoms with van der Waals surface area (Å²) in [6.07, 6.45) is 1.54. The van der Waals surface area contributed by atoms with Gasteiger partial charge in [-0.25, -0.2) is 10.0 Å². The minimum Gasteiger partial charge on any atom is -0.467 e. The first-order chi connectivity index (χ1) is 11.1. The molecule has 0 saturated carbocycles. The van der Waals surface area contributed by atoms with E-state index in [0.717, 1.165) is 0 Å². The Kier molecular flexibility index (Phi) is 4.09. The Bertz CT molecular complexity index is 725. The standard InChI is InChI=1S/C16H16N4O3/c1-11-16(22)20(12-6-3-2-4-7-12)19-14(18-11)15(21)17-10-13-8-5-9-23-13/h2-9,11H,10H2,1H3,(H,17,21)(H,18,19)/t11-/m1/s1. The van der Waals surface area contributed by atoms with Crippen LogP contribution in [0.25, 0.3) is 0 Å². The summed E-state index contributed by atoms with van der Waals surface area (Å²) in [6.45, 7) is 1.90. The number of para-hydroxylation sites is 1. The Balaban J connectivity index is 1.73. The molecule has 0 saturated heterocycles. The smallest absolute Gasteiger partial charge is 0.288 e. The van der Waals surface area contributed by atoms with E-state index in [9.17, 15) is 9.59 Å². The van der Waals surface area contributed by atoms with Crippen molar-refractivity contribution in [3.8, 4) is 0 Å². The van der Waals surface area contributed by atoms with Crippen LogP contribution in [0.3, 0.4) is 0 Å². The molecule has 2 N–H and O–H groups in total. The summed E-state index contributed by atoms with van der Waals surface area (Å²) in [7, 11) is 0. The summed E-state index contributed by atoms with van der Waals surface area (Å²) < 4.78 is 5.16. The topological polar surface area (TPSA) is 86.9 Å². The third-order valence-corrected chi connectivity index (χ3v) is 3.35. The summed E-state index contributed by atoms with van der Waals surface area (Å²) in [5.74, 6) is 0.103. The number of nitrogens with zero attached hydrogens (tertiary/aromatic N) is 2. The van der Waals surface area contributed by atoms with E-state index in [1.165, 1.54) is 11.3 Å². The second-order valence-corrected chi connectivity index (χ2v) is 5.04. The molecule has 2 aromatic rings. The van der Waals surface area contributed by atoms with Gasteiger partial charge in [0.05, 0.1) is 18.5 Å². The Labute approximate surface area is 133 Å². The van der Waals surface area contributed by atoms with Gasteiger partial charge >= 0.3 is 0 Å². The van der Waals surface area contributed by atoms with E-state index in [-0.39, 0.29) is 18.3 Å². The van der Waals surface area contributed by atoms with Gasteiger partial charge in [-0.1, -0.05) is 18.2 Å². The highest BCUT2D eigenvalue weighted by atomic mass is 16.3. The summed E-state index contributed by atoms with van der Waals surface area (Å²) in [5, 5.41) is 4.03. The van der Waals surface area contributed by atoms with Crippen molar-refractivity contribution in [1.29, 1.82) is 0 Å². The minimum absolute atomic E-state index is 0.0903. The van der Waals surface area contributed by atoms with Crippen molar-refractivity contribution in [3.63, 3.8) is 0 Å². The molecule has 3 rings (SSSR count). The Hall–Kier alpha value is -3.09. The van der Waals surface area contributed by atoms with Gasteiger partial charge in [0.1, 0.15) is 11.8 Å². The maximum atomic E-state index is 12.2. The fraction of sp³-hybridized carbons (Fsp3) is 0.188. The molecule has 1 aromatic carbocycles. The summed E-state index contributed by atoms with van der Waals surface area (Å²) in [6, 6.07) is 11.9. The number of carbonyl (C=O) groups excluding carboxylic acids is 2. The van der Waals surface area contributed by atoms with Crippen LogP contribution in [0.4, 0.5) is 5.69 Å². The van der Waals surface area contributed by atoms with Gasteiger partial charge in [-0.15, -0.1) is 0 Å². The molecule has 1 aliphatic heterocycles. The van der Waals surface area contributed by atoms with Crippen molar-refractivity contribution in [3.05, 3.63) is 54.5 Å². The lowest BCUT2D eigenvalue weighted by atomic mass is 10.2. The molecule has 1 atom stereocenters. The molecular weight excluding hydrogens is 296 g/mol. The van der Waals surface area contributed by atoms with E-state index >= 15 is 0 Å². The number of amides is 2. The molecule has 1 aromatic heterocycles. The van der Waals surface area contributed by atoms with Crippen LogP contribution >= 0.6 is 0 Å². The van der Waals surface area contributed by atoms with E-state index < -0.39 is 11.9 Å². The lowest BCUT2D eigenvalue weighted by Gasteiger charge is -2.30. The van der Waals surface area contributed by atoms with E-state index in [0.29, 0.717) is 11.4 Å². The first-order valence-corrected chi connectivity index (χ1v) is 7.19. The van der Waals surface area contributed by atoms with E-state index in [4.69, 9.17) is 4.42 Å². The quantitative estimate of drug-likeness (QED) is 0.889. The molecular formula is C16H16N4O3. The largest absolute Gasteiger partial charge is 0.467 e. The second-order valence-electron chi connectivity index (χ2n) is 5.04. The zero-order valence-corrected chi connectivity index (χ0v) is 12.5. The average molecular weight is 312 g/mol. The predicted molar refractivity (Wildman–Crippen MR) is 84.5 cm³/mol. The number of furan rings is 1. The maximum absolute atomic E-state index is 12.2. The maximum Gasteiger partial charge on any atom is 0.288 e. The fourth-order valence-corrected chi connectivity index (χ4v) is 2.17. The van der Waals surface area contributed by atoms with E-state index in [1.807, 2.05) is 18.2 Å². The molecule has 0 fully saturated rings. The molecule has 0 aliphatic carbocycles. The van der Waals surface area contributed by atoms with Crippen LogP contribution < -0.4 is 15.8 Å². The average Bonchev–Trinajstić information content (AvgIpc) is 3.09. The van der Waals surface area contributed by atoms with Gasteiger partial charge in [0.2, 0.25) is 5.84 Å². The normalized spacial score (nSPS) is 17.4. The van der Waals surface area contributed by atoms with Crippen LogP contribution in [0, 0.1) is 0 Å². The number of aliphatic imine (C=N–C) groups is 1. The molecule has 2 amide bonds. The number of carbonyl (C=O) groups is 2. The molecule has 1 aliphatic rings. The van der Waals surface area contributed by atoms with Crippen molar-refractivity contribution in [1.82, 2.24) is 10.7 Å². The van der Waals surface area contributed by atoms with Crippen molar-refractivity contribution < 1.29 is 14.0 Å². The van der Waals surface area contributed by atoms with Crippen molar-refractivity contribution >= 4 is 23.3 Å². The number of rotatable bonds is 4. The van der Waals surface area contributed by atoms with Gasteiger partial charge in [-0.05, 0) is 31.2 Å². The van der Waals surface area contributed by atoms with Crippen LogP contribution in [0.1, 0.15) is 12.7 Å². The molecule has 0 unspecified atom stereocenters. The lowest BCUT2D eigenvalue weighted by Crippen LogP contribution is -2.57. The molecule has 2 heterocycles.